The zero-order valence-corrected chi connectivity index (χ0v) is 11.5. The molecule has 0 N–H and O–H groups in total. The van der Waals surface area contributed by atoms with E-state index in [1.165, 1.54) is 17.4 Å². The van der Waals surface area contributed by atoms with Crippen LogP contribution in [-0.4, -0.2) is 6.29 Å². The van der Waals surface area contributed by atoms with Crippen molar-refractivity contribution in [3.63, 3.8) is 0 Å². The number of aldehydes is 1. The number of thiophene rings is 1. The van der Waals surface area contributed by atoms with Crippen molar-refractivity contribution in [2.75, 3.05) is 0 Å². The van der Waals surface area contributed by atoms with Crippen LogP contribution in [0, 0.1) is 0 Å². The van der Waals surface area contributed by atoms with Gasteiger partial charge in [-0.2, -0.15) is 13.2 Å². The lowest BCUT2D eigenvalue weighted by Gasteiger charge is -2.10. The molecule has 2 aromatic carbocycles. The molecule has 3 rings (SSSR count). The van der Waals surface area contributed by atoms with E-state index in [2.05, 4.69) is 0 Å². The summed E-state index contributed by atoms with van der Waals surface area (Å²) >= 11 is 1.43. The second-order valence-electron chi connectivity index (χ2n) is 4.57. The standard InChI is InChI=1S/C16H9F3OS/c17-16(18,19)13-7-11(5-6-12(13)9-20)15-8-10-3-1-2-4-14(10)21-15/h1-9H. The number of rotatable bonds is 2. The lowest BCUT2D eigenvalue weighted by atomic mass is 10.0. The molecule has 0 aliphatic rings. The molecule has 5 heteroatoms. The molecule has 1 aromatic heterocycles. The van der Waals surface area contributed by atoms with Crippen LogP contribution in [0.3, 0.4) is 0 Å². The first-order chi connectivity index (χ1) is 9.99. The fourth-order valence-electron chi connectivity index (χ4n) is 2.18. The Morgan fingerprint density at radius 2 is 1.76 bits per heavy atom. The van der Waals surface area contributed by atoms with Gasteiger partial charge in [0.2, 0.25) is 0 Å². The van der Waals surface area contributed by atoms with Gasteiger partial charge in [-0.3, -0.25) is 4.79 Å². The van der Waals surface area contributed by atoms with Crippen molar-refractivity contribution in [3.8, 4) is 10.4 Å². The minimum atomic E-state index is -4.54. The highest BCUT2D eigenvalue weighted by Crippen LogP contribution is 2.38. The van der Waals surface area contributed by atoms with Gasteiger partial charge in [-0.25, -0.2) is 0 Å². The summed E-state index contributed by atoms with van der Waals surface area (Å²) in [5.41, 5.74) is -0.769. The zero-order chi connectivity index (χ0) is 15.0. The fraction of sp³-hybridized carbons (Fsp3) is 0.0625. The summed E-state index contributed by atoms with van der Waals surface area (Å²) in [7, 11) is 0. The maximum absolute atomic E-state index is 13.0. The SMILES string of the molecule is O=Cc1ccc(-c2cc3ccccc3s2)cc1C(F)(F)F. The number of fused-ring (bicyclic) bond motifs is 1. The van der Waals surface area contributed by atoms with E-state index < -0.39 is 11.7 Å². The first-order valence-corrected chi connectivity index (χ1v) is 6.96. The molecule has 0 saturated carbocycles. The van der Waals surface area contributed by atoms with Gasteiger partial charge in [0.15, 0.2) is 6.29 Å². The number of hydrogen-bond donors (Lipinski definition) is 0. The predicted octanol–water partition coefficient (Wildman–Crippen LogP) is 5.40. The molecule has 3 aromatic rings. The molecule has 0 radical (unpaired) electrons. The van der Waals surface area contributed by atoms with Gasteiger partial charge in [0, 0.05) is 15.1 Å². The van der Waals surface area contributed by atoms with E-state index in [1.807, 2.05) is 30.3 Å². The van der Waals surface area contributed by atoms with Crippen LogP contribution >= 0.6 is 11.3 Å². The van der Waals surface area contributed by atoms with Gasteiger partial charge in [0.1, 0.15) is 0 Å². The van der Waals surface area contributed by atoms with Gasteiger partial charge < -0.3 is 0 Å². The van der Waals surface area contributed by atoms with Crippen molar-refractivity contribution in [2.24, 2.45) is 0 Å². The third-order valence-corrected chi connectivity index (χ3v) is 4.36. The lowest BCUT2D eigenvalue weighted by molar-refractivity contribution is -0.137. The smallest absolute Gasteiger partial charge is 0.298 e. The quantitative estimate of drug-likeness (QED) is 0.579. The number of carbonyl (C=O) groups is 1. The number of carbonyl (C=O) groups excluding carboxylic acids is 1. The number of benzene rings is 2. The van der Waals surface area contributed by atoms with Crippen LogP contribution in [0.25, 0.3) is 20.5 Å². The van der Waals surface area contributed by atoms with E-state index in [-0.39, 0.29) is 11.8 Å². The van der Waals surface area contributed by atoms with Crippen LogP contribution in [0.15, 0.2) is 48.5 Å². The Hall–Kier alpha value is -2.14. The average molecular weight is 306 g/mol. The van der Waals surface area contributed by atoms with Gasteiger partial charge in [-0.1, -0.05) is 30.3 Å². The van der Waals surface area contributed by atoms with Crippen molar-refractivity contribution < 1.29 is 18.0 Å². The molecular weight excluding hydrogens is 297 g/mol. The Morgan fingerprint density at radius 1 is 1.00 bits per heavy atom. The highest BCUT2D eigenvalue weighted by atomic mass is 32.1. The van der Waals surface area contributed by atoms with E-state index in [9.17, 15) is 18.0 Å². The number of halogens is 3. The fourth-order valence-corrected chi connectivity index (χ4v) is 3.24. The maximum Gasteiger partial charge on any atom is 0.417 e. The minimum Gasteiger partial charge on any atom is -0.298 e. The van der Waals surface area contributed by atoms with Gasteiger partial charge >= 0.3 is 6.18 Å². The molecule has 21 heavy (non-hydrogen) atoms. The van der Waals surface area contributed by atoms with Crippen LogP contribution < -0.4 is 0 Å². The largest absolute Gasteiger partial charge is 0.417 e. The molecule has 0 bridgehead atoms. The van der Waals surface area contributed by atoms with Crippen molar-refractivity contribution in [2.45, 2.75) is 6.18 Å². The third kappa shape index (κ3) is 2.56. The molecule has 0 aliphatic heterocycles. The van der Waals surface area contributed by atoms with E-state index in [0.717, 1.165) is 21.0 Å². The van der Waals surface area contributed by atoms with E-state index in [1.54, 1.807) is 6.07 Å². The van der Waals surface area contributed by atoms with Crippen molar-refractivity contribution in [1.82, 2.24) is 0 Å². The van der Waals surface area contributed by atoms with Gasteiger partial charge in [0.05, 0.1) is 5.56 Å². The first-order valence-electron chi connectivity index (χ1n) is 6.14. The third-order valence-electron chi connectivity index (χ3n) is 3.20. The second kappa shape index (κ2) is 5.00. The summed E-state index contributed by atoms with van der Waals surface area (Å²) < 4.78 is 40.0. The molecule has 106 valence electrons. The number of alkyl halides is 3. The summed E-state index contributed by atoms with van der Waals surface area (Å²) in [6.45, 7) is 0. The Labute approximate surface area is 122 Å². The molecule has 1 nitrogen and oxygen atoms in total. The molecular formula is C16H9F3OS. The van der Waals surface area contributed by atoms with Crippen molar-refractivity contribution in [3.05, 3.63) is 59.7 Å². The van der Waals surface area contributed by atoms with Crippen molar-refractivity contribution in [1.29, 1.82) is 0 Å². The first kappa shape index (κ1) is 13.8. The van der Waals surface area contributed by atoms with Crippen LogP contribution in [-0.2, 0) is 6.18 Å². The summed E-state index contributed by atoms with van der Waals surface area (Å²) in [5, 5.41) is 0.991. The topological polar surface area (TPSA) is 17.1 Å². The lowest BCUT2D eigenvalue weighted by Crippen LogP contribution is -2.08. The highest BCUT2D eigenvalue weighted by molar-refractivity contribution is 7.22. The predicted molar refractivity (Wildman–Crippen MR) is 77.7 cm³/mol. The molecule has 0 spiro atoms. The molecule has 1 heterocycles. The van der Waals surface area contributed by atoms with Crippen molar-refractivity contribution >= 4 is 27.7 Å². The van der Waals surface area contributed by atoms with E-state index >= 15 is 0 Å². The molecule has 0 aliphatic carbocycles. The molecule has 0 saturated heterocycles. The number of hydrogen-bond acceptors (Lipinski definition) is 2. The Kier molecular flexibility index (Phi) is 3.29. The maximum atomic E-state index is 13.0. The summed E-state index contributed by atoms with van der Waals surface area (Å²) in [5.74, 6) is 0. The minimum absolute atomic E-state index is 0.234. The summed E-state index contributed by atoms with van der Waals surface area (Å²) in [6, 6.07) is 13.3. The Morgan fingerprint density at radius 3 is 2.43 bits per heavy atom. The molecule has 0 unspecified atom stereocenters. The molecule has 0 atom stereocenters. The normalized spacial score (nSPS) is 11.8. The van der Waals surface area contributed by atoms with Crippen LogP contribution in [0.2, 0.25) is 0 Å². The van der Waals surface area contributed by atoms with Crippen LogP contribution in [0.1, 0.15) is 15.9 Å². The van der Waals surface area contributed by atoms with Gasteiger partial charge in [-0.15, -0.1) is 11.3 Å². The second-order valence-corrected chi connectivity index (χ2v) is 5.65. The summed E-state index contributed by atoms with van der Waals surface area (Å²) in [6.07, 6.45) is -4.31. The van der Waals surface area contributed by atoms with E-state index in [4.69, 9.17) is 0 Å². The van der Waals surface area contributed by atoms with Gasteiger partial charge in [-0.05, 0) is 29.1 Å². The summed E-state index contributed by atoms with van der Waals surface area (Å²) in [4.78, 5) is 11.5. The zero-order valence-electron chi connectivity index (χ0n) is 10.6. The van der Waals surface area contributed by atoms with Crippen LogP contribution in [0.4, 0.5) is 13.2 Å². The average Bonchev–Trinajstić information content (AvgIpc) is 2.89. The molecule has 0 amide bonds. The Balaban J connectivity index is 2.16. The van der Waals surface area contributed by atoms with Crippen LogP contribution in [0.5, 0.6) is 0 Å². The van der Waals surface area contributed by atoms with E-state index in [0.29, 0.717) is 5.56 Å². The highest BCUT2D eigenvalue weighted by Gasteiger charge is 2.33. The van der Waals surface area contributed by atoms with Gasteiger partial charge in [0.25, 0.3) is 0 Å². The molecule has 0 fully saturated rings. The monoisotopic (exact) mass is 306 g/mol. The Bertz CT molecular complexity index is 785.